The molecule has 0 heterocycles. The predicted octanol–water partition coefficient (Wildman–Crippen LogP) is 5.28. The lowest BCUT2D eigenvalue weighted by molar-refractivity contribution is 0.116. The Morgan fingerprint density at radius 3 is 1.62 bits per heavy atom. The van der Waals surface area contributed by atoms with Gasteiger partial charge in [-0.25, -0.2) is 0 Å². The third-order valence-corrected chi connectivity index (χ3v) is 3.44. The van der Waals surface area contributed by atoms with Gasteiger partial charge in [0.25, 0.3) is 0 Å². The quantitative estimate of drug-likeness (QED) is 0.524. The van der Waals surface area contributed by atoms with Crippen molar-refractivity contribution in [3.05, 3.63) is 0 Å². The molecule has 0 aliphatic heterocycles. The Labute approximate surface area is 86.1 Å². The molecule has 13 heavy (non-hydrogen) atoms. The maximum Gasteiger partial charge on any atom is -0.0306 e. The second-order valence-electron chi connectivity index (χ2n) is 5.59. The Morgan fingerprint density at radius 1 is 0.846 bits per heavy atom. The van der Waals surface area contributed by atoms with E-state index >= 15 is 0 Å². The Bertz CT molecular complexity index is 114. The standard InChI is InChI=1S/C12H26.CH4/c1-7-8-9-10-12(5,6)11(2,3)4;/h7-10H2,1-6H3;1H4. The molecule has 0 radical (unpaired) electrons. The minimum Gasteiger partial charge on any atom is -0.0776 e. The van der Waals surface area contributed by atoms with Gasteiger partial charge >= 0.3 is 0 Å². The molecule has 0 rings (SSSR count). The molecule has 0 nitrogen and oxygen atoms in total. The summed E-state index contributed by atoms with van der Waals surface area (Å²) < 4.78 is 0. The van der Waals surface area contributed by atoms with Crippen molar-refractivity contribution in [2.45, 2.75) is 74.7 Å². The molecule has 0 spiro atoms. The number of unbranched alkanes of at least 4 members (excludes halogenated alkanes) is 2. The highest BCUT2D eigenvalue weighted by Crippen LogP contribution is 2.41. The molecule has 0 fully saturated rings. The van der Waals surface area contributed by atoms with Gasteiger partial charge in [0.2, 0.25) is 0 Å². The maximum absolute atomic E-state index is 2.39. The van der Waals surface area contributed by atoms with Gasteiger partial charge in [-0.2, -0.15) is 0 Å². The highest BCUT2D eigenvalue weighted by molar-refractivity contribution is 4.81. The van der Waals surface area contributed by atoms with E-state index in [1.807, 2.05) is 0 Å². The molecule has 0 N–H and O–H groups in total. The Kier molecular flexibility index (Phi) is 6.75. The molecule has 0 aromatic carbocycles. The summed E-state index contributed by atoms with van der Waals surface area (Å²) in [6.07, 6.45) is 5.48. The number of hydrogen-bond acceptors (Lipinski definition) is 0. The van der Waals surface area contributed by atoms with Crippen LogP contribution in [-0.4, -0.2) is 0 Å². The average molecular weight is 186 g/mol. The largest absolute Gasteiger partial charge is 0.0776 e. The first-order valence-corrected chi connectivity index (χ1v) is 5.31. The van der Waals surface area contributed by atoms with Gasteiger partial charge in [0.1, 0.15) is 0 Å². The second kappa shape index (κ2) is 5.67. The van der Waals surface area contributed by atoms with Crippen molar-refractivity contribution in [3.8, 4) is 0 Å². The number of rotatable bonds is 4. The van der Waals surface area contributed by atoms with Gasteiger partial charge in [-0.05, 0) is 17.3 Å². The molecule has 0 aliphatic rings. The summed E-state index contributed by atoms with van der Waals surface area (Å²) >= 11 is 0. The van der Waals surface area contributed by atoms with Crippen LogP contribution >= 0.6 is 0 Å². The van der Waals surface area contributed by atoms with Gasteiger partial charge < -0.3 is 0 Å². The molecular weight excluding hydrogens is 156 g/mol. The van der Waals surface area contributed by atoms with E-state index < -0.39 is 0 Å². The van der Waals surface area contributed by atoms with Crippen LogP contribution in [0.3, 0.4) is 0 Å². The summed E-state index contributed by atoms with van der Waals surface area (Å²) in [4.78, 5) is 0. The maximum atomic E-state index is 2.39. The van der Waals surface area contributed by atoms with E-state index in [0.29, 0.717) is 10.8 Å². The van der Waals surface area contributed by atoms with Crippen LogP contribution in [-0.2, 0) is 0 Å². The zero-order valence-electron chi connectivity index (χ0n) is 9.83. The zero-order chi connectivity index (χ0) is 9.83. The fourth-order valence-electron chi connectivity index (χ4n) is 1.19. The van der Waals surface area contributed by atoms with Crippen LogP contribution in [0.1, 0.15) is 74.7 Å². The van der Waals surface area contributed by atoms with E-state index in [0.717, 1.165) is 0 Å². The molecule has 82 valence electrons. The zero-order valence-corrected chi connectivity index (χ0v) is 9.83. The van der Waals surface area contributed by atoms with Crippen LogP contribution in [0.25, 0.3) is 0 Å². The van der Waals surface area contributed by atoms with Crippen molar-refractivity contribution < 1.29 is 0 Å². The minimum atomic E-state index is 0. The van der Waals surface area contributed by atoms with Gasteiger partial charge in [0.05, 0.1) is 0 Å². The summed E-state index contributed by atoms with van der Waals surface area (Å²) in [6, 6.07) is 0. The molecule has 0 heteroatoms. The molecule has 0 aliphatic carbocycles. The smallest absolute Gasteiger partial charge is 0.0306 e. The summed E-state index contributed by atoms with van der Waals surface area (Å²) in [5, 5.41) is 0. The van der Waals surface area contributed by atoms with Crippen molar-refractivity contribution in [1.29, 1.82) is 0 Å². The predicted molar refractivity (Wildman–Crippen MR) is 64.1 cm³/mol. The normalized spacial score (nSPS) is 12.5. The average Bonchev–Trinajstić information content (AvgIpc) is 1.85. The monoisotopic (exact) mass is 186 g/mol. The highest BCUT2D eigenvalue weighted by atomic mass is 14.4. The Morgan fingerprint density at radius 2 is 1.31 bits per heavy atom. The summed E-state index contributed by atoms with van der Waals surface area (Å²) in [5.41, 5.74) is 0.933. The fraction of sp³-hybridized carbons (Fsp3) is 1.00. The first-order chi connectivity index (χ1) is 5.31. The lowest BCUT2D eigenvalue weighted by Gasteiger charge is -2.39. The van der Waals surface area contributed by atoms with Crippen LogP contribution in [0.2, 0.25) is 0 Å². The molecule has 0 unspecified atom stereocenters. The SMILES string of the molecule is C.CCCCCC(C)(C)C(C)(C)C. The molecule has 0 aromatic rings. The van der Waals surface area contributed by atoms with Crippen molar-refractivity contribution in [2.75, 3.05) is 0 Å². The summed E-state index contributed by atoms with van der Waals surface area (Å²) in [7, 11) is 0. The third-order valence-electron chi connectivity index (χ3n) is 3.44. The van der Waals surface area contributed by atoms with Crippen LogP contribution in [0.5, 0.6) is 0 Å². The first-order valence-electron chi connectivity index (χ1n) is 5.31. The van der Waals surface area contributed by atoms with E-state index in [2.05, 4.69) is 41.5 Å². The summed E-state index contributed by atoms with van der Waals surface area (Å²) in [5.74, 6) is 0. The van der Waals surface area contributed by atoms with Crippen LogP contribution in [0.15, 0.2) is 0 Å². The van der Waals surface area contributed by atoms with Gasteiger partial charge in [0.15, 0.2) is 0 Å². The fourth-order valence-corrected chi connectivity index (χ4v) is 1.19. The van der Waals surface area contributed by atoms with Crippen molar-refractivity contribution >= 4 is 0 Å². The van der Waals surface area contributed by atoms with Gasteiger partial charge in [-0.15, -0.1) is 0 Å². The highest BCUT2D eigenvalue weighted by Gasteiger charge is 2.31. The lowest BCUT2D eigenvalue weighted by atomic mass is 9.67. The van der Waals surface area contributed by atoms with Crippen molar-refractivity contribution in [1.82, 2.24) is 0 Å². The second-order valence-corrected chi connectivity index (χ2v) is 5.59. The molecule has 0 saturated heterocycles. The Hall–Kier alpha value is 0. The topological polar surface area (TPSA) is 0 Å². The molecular formula is C13H30. The van der Waals surface area contributed by atoms with E-state index in [4.69, 9.17) is 0 Å². The van der Waals surface area contributed by atoms with Gasteiger partial charge in [0, 0.05) is 0 Å². The molecule has 0 aromatic heterocycles. The third kappa shape index (κ3) is 5.33. The van der Waals surface area contributed by atoms with E-state index in [-0.39, 0.29) is 7.43 Å². The van der Waals surface area contributed by atoms with Crippen molar-refractivity contribution in [2.24, 2.45) is 10.8 Å². The van der Waals surface area contributed by atoms with Gasteiger partial charge in [-0.1, -0.05) is 68.2 Å². The molecule has 0 amide bonds. The molecule has 0 bridgehead atoms. The first kappa shape index (κ1) is 15.5. The lowest BCUT2D eigenvalue weighted by Crippen LogP contribution is -2.29. The van der Waals surface area contributed by atoms with Gasteiger partial charge in [-0.3, -0.25) is 0 Å². The van der Waals surface area contributed by atoms with E-state index in [1.54, 1.807) is 0 Å². The van der Waals surface area contributed by atoms with Crippen LogP contribution in [0, 0.1) is 10.8 Å². The van der Waals surface area contributed by atoms with E-state index in [9.17, 15) is 0 Å². The van der Waals surface area contributed by atoms with Crippen molar-refractivity contribution in [3.63, 3.8) is 0 Å². The Balaban J connectivity index is 0. The molecule has 0 atom stereocenters. The van der Waals surface area contributed by atoms with E-state index in [1.165, 1.54) is 25.7 Å². The minimum absolute atomic E-state index is 0. The van der Waals surface area contributed by atoms with Crippen LogP contribution < -0.4 is 0 Å². The summed E-state index contributed by atoms with van der Waals surface area (Å²) in [6.45, 7) is 14.1. The number of hydrogen-bond donors (Lipinski definition) is 0. The molecule has 0 saturated carbocycles. The van der Waals surface area contributed by atoms with Crippen LogP contribution in [0.4, 0.5) is 0 Å².